The number of benzene rings is 2. The molecule has 0 aliphatic carbocycles. The lowest BCUT2D eigenvalue weighted by Crippen LogP contribution is -2.31. The van der Waals surface area contributed by atoms with Gasteiger partial charge in [-0.3, -0.25) is 4.79 Å². The maximum Gasteiger partial charge on any atom is 0.416 e. The van der Waals surface area contributed by atoms with Crippen LogP contribution in [0.5, 0.6) is 11.5 Å². The second-order valence-corrected chi connectivity index (χ2v) is 6.93. The van der Waals surface area contributed by atoms with Crippen molar-refractivity contribution in [2.45, 2.75) is 6.18 Å². The molecule has 0 saturated heterocycles. The molecule has 0 saturated carbocycles. The molecule has 1 heterocycles. The number of ether oxygens (including phenoxy) is 2. The molecule has 0 bridgehead atoms. The van der Waals surface area contributed by atoms with Crippen molar-refractivity contribution in [2.75, 3.05) is 32.1 Å². The molecule has 2 N–H and O–H groups in total. The number of rotatable bonds is 7. The van der Waals surface area contributed by atoms with Crippen LogP contribution < -0.4 is 10.1 Å². The number of amides is 1. The topological polar surface area (TPSA) is 88.1 Å². The Labute approximate surface area is 188 Å². The number of methoxy groups -OCH3 is 1. The van der Waals surface area contributed by atoms with Crippen LogP contribution in [-0.2, 0) is 20.5 Å². The molecule has 34 heavy (non-hydrogen) atoms. The second-order valence-electron chi connectivity index (χ2n) is 6.93. The Morgan fingerprint density at radius 2 is 1.79 bits per heavy atom. The number of β-amino-alcohol motifs (C(OH)–C–C–N with tert-alkyl or cyclic N) is 1. The predicted molar refractivity (Wildman–Crippen MR) is 104 cm³/mol. The molecule has 0 fully saturated rings. The maximum atomic E-state index is 14.2. The van der Waals surface area contributed by atoms with Crippen molar-refractivity contribution in [3.8, 4) is 11.5 Å². The Kier molecular flexibility index (Phi) is 7.05. The summed E-state index contributed by atoms with van der Waals surface area (Å²) in [5, 5.41) is 11.6. The molecule has 0 atom stereocenters. The number of hydrogen-bond donors (Lipinski definition) is 2. The molecule has 2 aromatic carbocycles. The first kappa shape index (κ1) is 24.9. The number of aliphatic hydroxyl groups excluding tert-OH is 1. The van der Waals surface area contributed by atoms with E-state index in [-0.39, 0.29) is 42.2 Å². The Morgan fingerprint density at radius 1 is 1.15 bits per heavy atom. The van der Waals surface area contributed by atoms with Gasteiger partial charge in [-0.1, -0.05) is 0 Å². The van der Waals surface area contributed by atoms with Crippen molar-refractivity contribution in [2.24, 2.45) is 0 Å². The van der Waals surface area contributed by atoms with E-state index in [0.29, 0.717) is 6.07 Å². The summed E-state index contributed by atoms with van der Waals surface area (Å²) >= 11 is 0. The summed E-state index contributed by atoms with van der Waals surface area (Å²) in [7, 11) is 1.06. The van der Waals surface area contributed by atoms with Gasteiger partial charge in [-0.2, -0.15) is 13.2 Å². The summed E-state index contributed by atoms with van der Waals surface area (Å²) < 4.78 is 90.3. The van der Waals surface area contributed by atoms with Crippen LogP contribution in [0.25, 0.3) is 0 Å². The number of hydrogen-bond acceptors (Lipinski definition) is 6. The molecule has 13 heteroatoms. The van der Waals surface area contributed by atoms with Crippen molar-refractivity contribution in [3.05, 3.63) is 64.6 Å². The van der Waals surface area contributed by atoms with Crippen LogP contribution in [0.3, 0.4) is 0 Å². The highest BCUT2D eigenvalue weighted by atomic mass is 19.4. The fourth-order valence-electron chi connectivity index (χ4n) is 3.10. The minimum Gasteiger partial charge on any atom is -0.466 e. The van der Waals surface area contributed by atoms with Gasteiger partial charge in [-0.15, -0.1) is 0 Å². The quantitative estimate of drug-likeness (QED) is 0.456. The second kappa shape index (κ2) is 9.63. The zero-order chi connectivity index (χ0) is 25.2. The number of anilines is 1. The van der Waals surface area contributed by atoms with Crippen molar-refractivity contribution in [3.63, 3.8) is 0 Å². The van der Waals surface area contributed by atoms with Gasteiger partial charge < -0.3 is 24.8 Å². The number of carbonyl (C=O) groups excluding carboxylic acids is 2. The SMILES string of the molecule is COC(=O)C1=C(Nc2ccc(F)cc2Oc2c(F)cc(C(F)(F)F)cc2F)C(=O)N(CCO)C1. The lowest BCUT2D eigenvalue weighted by molar-refractivity contribution is -0.138. The van der Waals surface area contributed by atoms with Gasteiger partial charge in [0, 0.05) is 12.6 Å². The van der Waals surface area contributed by atoms with Gasteiger partial charge in [-0.25, -0.2) is 18.0 Å². The lowest BCUT2D eigenvalue weighted by Gasteiger charge is -2.17. The number of alkyl halides is 3. The molecule has 1 aliphatic rings. The third kappa shape index (κ3) is 5.09. The first-order valence-corrected chi connectivity index (χ1v) is 9.48. The maximum absolute atomic E-state index is 14.2. The largest absolute Gasteiger partial charge is 0.466 e. The van der Waals surface area contributed by atoms with Crippen LogP contribution in [0, 0.1) is 17.5 Å². The first-order chi connectivity index (χ1) is 16.0. The van der Waals surface area contributed by atoms with Crippen molar-refractivity contribution in [1.82, 2.24) is 4.90 Å². The fourth-order valence-corrected chi connectivity index (χ4v) is 3.10. The fraction of sp³-hybridized carbons (Fsp3) is 0.238. The smallest absolute Gasteiger partial charge is 0.416 e. The van der Waals surface area contributed by atoms with E-state index in [1.807, 2.05) is 0 Å². The molecule has 0 aromatic heterocycles. The van der Waals surface area contributed by atoms with Gasteiger partial charge in [0.25, 0.3) is 5.91 Å². The van der Waals surface area contributed by atoms with Gasteiger partial charge in [-0.05, 0) is 24.3 Å². The monoisotopic (exact) mass is 490 g/mol. The minimum absolute atomic E-state index is 0.00988. The Bertz CT molecular complexity index is 1140. The van der Waals surface area contributed by atoms with E-state index in [1.54, 1.807) is 0 Å². The molecular formula is C21H16F6N2O5. The van der Waals surface area contributed by atoms with Crippen LogP contribution in [0.15, 0.2) is 41.6 Å². The summed E-state index contributed by atoms with van der Waals surface area (Å²) in [6.07, 6.45) is -5.02. The predicted octanol–water partition coefficient (Wildman–Crippen LogP) is 3.59. The summed E-state index contributed by atoms with van der Waals surface area (Å²) in [6.45, 7) is -0.766. The van der Waals surface area contributed by atoms with Crippen molar-refractivity contribution < 1.29 is 50.5 Å². The summed E-state index contributed by atoms with van der Waals surface area (Å²) in [4.78, 5) is 25.9. The third-order valence-corrected chi connectivity index (χ3v) is 4.69. The Morgan fingerprint density at radius 3 is 2.35 bits per heavy atom. The molecule has 1 aliphatic heterocycles. The van der Waals surface area contributed by atoms with Gasteiger partial charge in [0.1, 0.15) is 11.5 Å². The number of esters is 1. The molecule has 1 amide bonds. The molecule has 7 nitrogen and oxygen atoms in total. The standard InChI is InChI=1S/C21H16F6N2O5/c1-33-20(32)12-9-29(4-5-30)19(31)17(12)28-15-3-2-11(22)8-16(15)34-18-13(23)6-10(7-14(18)24)21(25,26)27/h2-3,6-8,28,30H,4-5,9H2,1H3. The zero-order valence-corrected chi connectivity index (χ0v) is 17.3. The van der Waals surface area contributed by atoms with E-state index in [4.69, 9.17) is 9.84 Å². The normalized spacial score (nSPS) is 14.0. The van der Waals surface area contributed by atoms with Gasteiger partial charge in [0.05, 0.1) is 37.1 Å². The van der Waals surface area contributed by atoms with Crippen LogP contribution in [-0.4, -0.2) is 48.7 Å². The number of halogens is 6. The van der Waals surface area contributed by atoms with Crippen LogP contribution in [0.4, 0.5) is 32.0 Å². The van der Waals surface area contributed by atoms with Crippen LogP contribution in [0.1, 0.15) is 5.56 Å². The number of aliphatic hydroxyl groups is 1. The first-order valence-electron chi connectivity index (χ1n) is 9.48. The number of nitrogens with one attached hydrogen (secondary N) is 1. The molecule has 2 aromatic rings. The summed E-state index contributed by atoms with van der Waals surface area (Å²) in [5.74, 6) is -7.82. The highest BCUT2D eigenvalue weighted by Gasteiger charge is 2.36. The van der Waals surface area contributed by atoms with Crippen LogP contribution in [0.2, 0.25) is 0 Å². The summed E-state index contributed by atoms with van der Waals surface area (Å²) in [6, 6.07) is 2.61. The van der Waals surface area contributed by atoms with Crippen molar-refractivity contribution in [1.29, 1.82) is 0 Å². The molecule has 182 valence electrons. The van der Waals surface area contributed by atoms with E-state index in [1.165, 1.54) is 0 Å². The average molecular weight is 490 g/mol. The number of nitrogens with zero attached hydrogens (tertiary/aromatic N) is 1. The average Bonchev–Trinajstić information content (AvgIpc) is 3.06. The highest BCUT2D eigenvalue weighted by molar-refractivity contribution is 6.08. The zero-order valence-electron chi connectivity index (χ0n) is 17.3. The highest BCUT2D eigenvalue weighted by Crippen LogP contribution is 2.38. The van der Waals surface area contributed by atoms with Crippen molar-refractivity contribution >= 4 is 17.6 Å². The molecule has 0 spiro atoms. The van der Waals surface area contributed by atoms with E-state index < -0.39 is 59.2 Å². The summed E-state index contributed by atoms with van der Waals surface area (Å²) in [5.41, 5.74) is -2.32. The molecule has 0 radical (unpaired) electrons. The molecular weight excluding hydrogens is 474 g/mol. The van der Waals surface area contributed by atoms with Gasteiger partial charge in [0.2, 0.25) is 0 Å². The third-order valence-electron chi connectivity index (χ3n) is 4.69. The minimum atomic E-state index is -5.02. The van der Waals surface area contributed by atoms with Crippen LogP contribution >= 0.6 is 0 Å². The van der Waals surface area contributed by atoms with Gasteiger partial charge >= 0.3 is 12.1 Å². The molecule has 3 rings (SSSR count). The Hall–Kier alpha value is -3.74. The van der Waals surface area contributed by atoms with E-state index in [9.17, 15) is 35.9 Å². The van der Waals surface area contributed by atoms with E-state index >= 15 is 0 Å². The molecule has 0 unspecified atom stereocenters. The lowest BCUT2D eigenvalue weighted by atomic mass is 10.2. The van der Waals surface area contributed by atoms with E-state index in [2.05, 4.69) is 10.1 Å². The van der Waals surface area contributed by atoms with E-state index in [0.717, 1.165) is 24.1 Å². The number of carbonyl (C=O) groups is 2. The Balaban J connectivity index is 2.01. The van der Waals surface area contributed by atoms with Gasteiger partial charge in [0.15, 0.2) is 23.1 Å².